The molecule has 2 aliphatic rings. The third-order valence-corrected chi connectivity index (χ3v) is 6.57. The monoisotopic (exact) mass is 407 g/mol. The molecule has 158 valence electrons. The molecule has 2 fully saturated rings. The Labute approximate surface area is 174 Å². The van der Waals surface area contributed by atoms with Crippen LogP contribution in [-0.2, 0) is 4.74 Å². The van der Waals surface area contributed by atoms with E-state index in [0.717, 1.165) is 57.8 Å². The molecule has 3 rings (SSSR count). The van der Waals surface area contributed by atoms with Crippen molar-refractivity contribution in [2.45, 2.75) is 32.7 Å². The molecule has 2 N–H and O–H groups in total. The number of hydrogen-bond donors (Lipinski definition) is 2. The van der Waals surface area contributed by atoms with Crippen molar-refractivity contribution in [1.29, 1.82) is 0 Å². The van der Waals surface area contributed by atoms with Crippen LogP contribution in [0.15, 0.2) is 22.5 Å². The molecular weight excluding hydrogens is 370 g/mol. The van der Waals surface area contributed by atoms with Gasteiger partial charge in [-0.05, 0) is 50.2 Å². The molecule has 0 amide bonds. The zero-order valence-corrected chi connectivity index (χ0v) is 18.3. The van der Waals surface area contributed by atoms with Crippen LogP contribution in [0.1, 0.15) is 37.6 Å². The molecule has 2 aliphatic heterocycles. The van der Waals surface area contributed by atoms with Crippen LogP contribution in [0.2, 0.25) is 0 Å². The van der Waals surface area contributed by atoms with Gasteiger partial charge in [-0.2, -0.15) is 0 Å². The first-order chi connectivity index (χ1) is 13.8. The van der Waals surface area contributed by atoms with Gasteiger partial charge in [0.05, 0.1) is 25.8 Å². The highest BCUT2D eigenvalue weighted by molar-refractivity contribution is 7.10. The van der Waals surface area contributed by atoms with E-state index in [9.17, 15) is 0 Å². The highest BCUT2D eigenvalue weighted by atomic mass is 32.1. The van der Waals surface area contributed by atoms with Crippen molar-refractivity contribution in [2.75, 3.05) is 65.6 Å². The van der Waals surface area contributed by atoms with E-state index in [-0.39, 0.29) is 0 Å². The molecule has 0 spiro atoms. The molecule has 1 aromatic heterocycles. The van der Waals surface area contributed by atoms with Gasteiger partial charge >= 0.3 is 0 Å². The van der Waals surface area contributed by atoms with E-state index in [1.54, 1.807) is 0 Å². The van der Waals surface area contributed by atoms with Gasteiger partial charge in [0.25, 0.3) is 0 Å². The first kappa shape index (κ1) is 21.6. The van der Waals surface area contributed by atoms with E-state index in [2.05, 4.69) is 51.8 Å². The van der Waals surface area contributed by atoms with Crippen molar-refractivity contribution in [3.05, 3.63) is 22.4 Å². The summed E-state index contributed by atoms with van der Waals surface area (Å²) >= 11 is 1.83. The van der Waals surface area contributed by atoms with Crippen LogP contribution in [0.5, 0.6) is 0 Å². The average molecular weight is 408 g/mol. The van der Waals surface area contributed by atoms with Gasteiger partial charge in [-0.25, -0.2) is 0 Å². The average Bonchev–Trinajstić information content (AvgIpc) is 3.40. The summed E-state index contributed by atoms with van der Waals surface area (Å²) in [6.07, 6.45) is 2.54. The second-order valence-corrected chi connectivity index (χ2v) is 8.71. The topological polar surface area (TPSA) is 52.1 Å². The summed E-state index contributed by atoms with van der Waals surface area (Å²) in [5.74, 6) is 1.67. The predicted octanol–water partition coefficient (Wildman–Crippen LogP) is 2.41. The molecule has 0 saturated carbocycles. The fourth-order valence-electron chi connectivity index (χ4n) is 4.11. The minimum absolute atomic E-state index is 0.339. The molecule has 7 heteroatoms. The minimum Gasteiger partial charge on any atom is -0.379 e. The van der Waals surface area contributed by atoms with E-state index in [4.69, 9.17) is 9.73 Å². The first-order valence-electron chi connectivity index (χ1n) is 10.9. The smallest absolute Gasteiger partial charge is 0.191 e. The number of aliphatic imine (C=N–C) groups is 1. The van der Waals surface area contributed by atoms with Crippen LogP contribution < -0.4 is 10.6 Å². The molecule has 1 aromatic rings. The van der Waals surface area contributed by atoms with Crippen LogP contribution in [-0.4, -0.2) is 81.3 Å². The van der Waals surface area contributed by atoms with Crippen LogP contribution >= 0.6 is 11.3 Å². The summed E-state index contributed by atoms with van der Waals surface area (Å²) in [5.41, 5.74) is 0. The van der Waals surface area contributed by atoms with Crippen LogP contribution in [0.4, 0.5) is 0 Å². The predicted molar refractivity (Wildman–Crippen MR) is 118 cm³/mol. The molecule has 2 unspecified atom stereocenters. The zero-order valence-electron chi connectivity index (χ0n) is 17.5. The summed E-state index contributed by atoms with van der Waals surface area (Å²) in [6.45, 7) is 14.4. The molecule has 28 heavy (non-hydrogen) atoms. The Hall–Kier alpha value is -1.15. The Morgan fingerprint density at radius 1 is 1.29 bits per heavy atom. The first-order valence-corrected chi connectivity index (χ1v) is 11.8. The van der Waals surface area contributed by atoms with Crippen LogP contribution in [0.3, 0.4) is 0 Å². The minimum atomic E-state index is 0.339. The maximum Gasteiger partial charge on any atom is 0.191 e. The maximum atomic E-state index is 5.55. The quantitative estimate of drug-likeness (QED) is 0.486. The standard InChI is InChI=1S/C21H37N5OS/c1-3-8-25-9-7-18(17-25)15-23-21(22-4-2)24-16-19(20-6-5-14-28-20)26-10-12-27-13-11-26/h5-6,14,18-19H,3-4,7-13,15-17H2,1-2H3,(H2,22,23,24). The number of nitrogens with zero attached hydrogens (tertiary/aromatic N) is 3. The second-order valence-electron chi connectivity index (χ2n) is 7.74. The molecule has 0 aliphatic carbocycles. The van der Waals surface area contributed by atoms with E-state index in [1.165, 1.54) is 37.4 Å². The van der Waals surface area contributed by atoms with E-state index >= 15 is 0 Å². The fraction of sp³-hybridized carbons (Fsp3) is 0.762. The number of likely N-dealkylation sites (tertiary alicyclic amines) is 1. The van der Waals surface area contributed by atoms with Gasteiger partial charge in [0.1, 0.15) is 0 Å². The van der Waals surface area contributed by atoms with E-state index < -0.39 is 0 Å². The van der Waals surface area contributed by atoms with Gasteiger partial charge in [0.2, 0.25) is 0 Å². The fourth-order valence-corrected chi connectivity index (χ4v) is 4.97. The van der Waals surface area contributed by atoms with Crippen molar-refractivity contribution in [3.63, 3.8) is 0 Å². The molecule has 2 atom stereocenters. The third-order valence-electron chi connectivity index (χ3n) is 5.59. The van der Waals surface area contributed by atoms with Crippen molar-refractivity contribution in [1.82, 2.24) is 20.4 Å². The van der Waals surface area contributed by atoms with Crippen molar-refractivity contribution in [2.24, 2.45) is 10.9 Å². The summed E-state index contributed by atoms with van der Waals surface area (Å²) in [4.78, 5) is 11.5. The van der Waals surface area contributed by atoms with Crippen LogP contribution in [0, 0.1) is 5.92 Å². The summed E-state index contributed by atoms with van der Waals surface area (Å²) in [7, 11) is 0. The molecule has 0 radical (unpaired) electrons. The Bertz CT molecular complexity index is 573. The molecule has 0 aromatic carbocycles. The maximum absolute atomic E-state index is 5.55. The largest absolute Gasteiger partial charge is 0.379 e. The van der Waals surface area contributed by atoms with Gasteiger partial charge in [-0.15, -0.1) is 11.3 Å². The number of ether oxygens (including phenoxy) is 1. The lowest BCUT2D eigenvalue weighted by atomic mass is 10.1. The molecule has 6 nitrogen and oxygen atoms in total. The van der Waals surface area contributed by atoms with E-state index in [0.29, 0.717) is 6.04 Å². The molecule has 3 heterocycles. The number of hydrogen-bond acceptors (Lipinski definition) is 5. The van der Waals surface area contributed by atoms with Crippen LogP contribution in [0.25, 0.3) is 0 Å². The number of thiophene rings is 1. The van der Waals surface area contributed by atoms with Gasteiger partial charge < -0.3 is 20.3 Å². The van der Waals surface area contributed by atoms with E-state index in [1.807, 2.05) is 11.3 Å². The number of rotatable bonds is 9. The lowest BCUT2D eigenvalue weighted by Gasteiger charge is -2.33. The number of morpholine rings is 1. The van der Waals surface area contributed by atoms with Gasteiger partial charge in [0.15, 0.2) is 5.96 Å². The Balaban J connectivity index is 1.56. The third kappa shape index (κ3) is 6.44. The summed E-state index contributed by atoms with van der Waals surface area (Å²) in [6, 6.07) is 4.72. The lowest BCUT2D eigenvalue weighted by molar-refractivity contribution is 0.0186. The number of guanidine groups is 1. The summed E-state index contributed by atoms with van der Waals surface area (Å²) in [5, 5.41) is 9.20. The summed E-state index contributed by atoms with van der Waals surface area (Å²) < 4.78 is 5.55. The Morgan fingerprint density at radius 3 is 2.86 bits per heavy atom. The normalized spacial score (nSPS) is 23.1. The molecule has 2 saturated heterocycles. The van der Waals surface area contributed by atoms with Gasteiger partial charge in [0, 0.05) is 37.6 Å². The molecular formula is C21H37N5OS. The Morgan fingerprint density at radius 2 is 2.14 bits per heavy atom. The van der Waals surface area contributed by atoms with Crippen molar-refractivity contribution >= 4 is 17.3 Å². The van der Waals surface area contributed by atoms with Gasteiger partial charge in [-0.3, -0.25) is 9.89 Å². The van der Waals surface area contributed by atoms with Crippen molar-refractivity contribution in [3.8, 4) is 0 Å². The SMILES string of the molecule is CCCN1CCC(CNC(=NCC(c2cccs2)N2CCOCC2)NCC)C1. The van der Waals surface area contributed by atoms with Crippen molar-refractivity contribution < 1.29 is 4.74 Å². The highest BCUT2D eigenvalue weighted by Crippen LogP contribution is 2.26. The zero-order chi connectivity index (χ0) is 19.6. The highest BCUT2D eigenvalue weighted by Gasteiger charge is 2.24. The van der Waals surface area contributed by atoms with Gasteiger partial charge in [-0.1, -0.05) is 13.0 Å². The lowest BCUT2D eigenvalue weighted by Crippen LogP contribution is -2.42. The molecule has 0 bridgehead atoms. The number of nitrogens with one attached hydrogen (secondary N) is 2. The Kier molecular flexibility index (Phi) is 9.05. The second kappa shape index (κ2) is 11.8.